The molecule has 7 heteroatoms. The van der Waals surface area contributed by atoms with Gasteiger partial charge in [0.05, 0.1) is 0 Å². The largest absolute Gasteiger partial charge is 0.303 e. The van der Waals surface area contributed by atoms with Gasteiger partial charge in [0.25, 0.3) is 0 Å². The van der Waals surface area contributed by atoms with Gasteiger partial charge in [-0.3, -0.25) is 0 Å². The number of nitrogens with zero attached hydrogens (tertiary/aromatic N) is 2. The number of hydrogen-bond donors (Lipinski definition) is 1. The zero-order valence-electron chi connectivity index (χ0n) is 12.3. The normalized spacial score (nSPS) is 18.6. The molecule has 2 heterocycles. The fraction of sp³-hybridized carbons (Fsp3) is 0.643. The van der Waals surface area contributed by atoms with Gasteiger partial charge in [0.2, 0.25) is 10.0 Å². The van der Waals surface area contributed by atoms with Crippen LogP contribution in [0.15, 0.2) is 23.2 Å². The van der Waals surface area contributed by atoms with E-state index in [1.54, 1.807) is 6.07 Å². The van der Waals surface area contributed by atoms with Gasteiger partial charge in [0.15, 0.2) is 0 Å². The minimum absolute atomic E-state index is 0.00804. The fourth-order valence-corrected chi connectivity index (χ4v) is 4.16. The van der Waals surface area contributed by atoms with Crippen molar-refractivity contribution in [2.75, 3.05) is 26.2 Å². The topological polar surface area (TPSA) is 62.3 Å². The highest BCUT2D eigenvalue weighted by atomic mass is 35.5. The third kappa shape index (κ3) is 4.92. The van der Waals surface area contributed by atoms with E-state index in [4.69, 9.17) is 11.6 Å². The van der Waals surface area contributed by atoms with E-state index in [2.05, 4.69) is 21.5 Å². The molecule has 0 spiro atoms. The van der Waals surface area contributed by atoms with E-state index in [-0.39, 0.29) is 16.0 Å². The summed E-state index contributed by atoms with van der Waals surface area (Å²) in [6, 6.07) is 3.03. The molecule has 21 heavy (non-hydrogen) atoms. The molecule has 118 valence electrons. The van der Waals surface area contributed by atoms with E-state index >= 15 is 0 Å². The van der Waals surface area contributed by atoms with Gasteiger partial charge in [-0.15, -0.1) is 0 Å². The van der Waals surface area contributed by atoms with Gasteiger partial charge in [-0.05, 0) is 44.0 Å². The summed E-state index contributed by atoms with van der Waals surface area (Å²) in [5.74, 6) is 0.258. The zero-order valence-corrected chi connectivity index (χ0v) is 13.8. The van der Waals surface area contributed by atoms with Crippen molar-refractivity contribution >= 4 is 21.6 Å². The van der Waals surface area contributed by atoms with E-state index in [0.717, 1.165) is 19.6 Å². The predicted molar refractivity (Wildman–Crippen MR) is 83.9 cm³/mol. The lowest BCUT2D eigenvalue weighted by Crippen LogP contribution is -2.38. The first kappa shape index (κ1) is 16.7. The zero-order chi connectivity index (χ0) is 15.3. The number of sulfonamides is 1. The monoisotopic (exact) mass is 331 g/mol. The summed E-state index contributed by atoms with van der Waals surface area (Å²) < 4.78 is 27.0. The highest BCUT2D eigenvalue weighted by molar-refractivity contribution is 7.89. The van der Waals surface area contributed by atoms with Crippen LogP contribution in [0.3, 0.4) is 0 Å². The molecule has 5 nitrogen and oxygen atoms in total. The lowest BCUT2D eigenvalue weighted by Gasteiger charge is -2.29. The van der Waals surface area contributed by atoms with Crippen LogP contribution in [0, 0.1) is 5.92 Å². The Bertz CT molecular complexity index is 559. The summed E-state index contributed by atoms with van der Waals surface area (Å²) in [5, 5.41) is 0.00804. The van der Waals surface area contributed by atoms with Crippen molar-refractivity contribution in [2.45, 2.75) is 31.1 Å². The summed E-state index contributed by atoms with van der Waals surface area (Å²) in [6.45, 7) is 5.62. The summed E-state index contributed by atoms with van der Waals surface area (Å²) in [6.07, 6.45) is 5.25. The van der Waals surface area contributed by atoms with Crippen molar-refractivity contribution in [3.05, 3.63) is 23.5 Å². The molecule has 1 aromatic heterocycles. The third-order valence-corrected chi connectivity index (χ3v) is 5.52. The summed E-state index contributed by atoms with van der Waals surface area (Å²) in [7, 11) is -3.59. The second kappa shape index (κ2) is 7.54. The first-order valence-corrected chi connectivity index (χ1v) is 9.17. The molecule has 0 aromatic carbocycles. The van der Waals surface area contributed by atoms with Crippen LogP contribution in [-0.2, 0) is 10.0 Å². The van der Waals surface area contributed by atoms with Crippen molar-refractivity contribution in [1.82, 2.24) is 14.6 Å². The van der Waals surface area contributed by atoms with Crippen LogP contribution in [-0.4, -0.2) is 44.5 Å². The SMILES string of the molecule is CC(CNS(=O)(=O)c1cccnc1Cl)CN1CCCCC1. The second-order valence-electron chi connectivity index (χ2n) is 5.61. The number of piperidine rings is 1. The van der Waals surface area contributed by atoms with Gasteiger partial charge < -0.3 is 4.90 Å². The van der Waals surface area contributed by atoms with Crippen molar-refractivity contribution in [2.24, 2.45) is 5.92 Å². The lowest BCUT2D eigenvalue weighted by atomic mass is 10.1. The summed E-state index contributed by atoms with van der Waals surface area (Å²) >= 11 is 5.84. The van der Waals surface area contributed by atoms with E-state index in [0.29, 0.717) is 6.54 Å². The molecular weight excluding hydrogens is 310 g/mol. The summed E-state index contributed by atoms with van der Waals surface area (Å²) in [4.78, 5) is 6.25. The smallest absolute Gasteiger partial charge is 0.243 e. The van der Waals surface area contributed by atoms with Gasteiger partial charge in [-0.1, -0.05) is 24.9 Å². The first-order valence-electron chi connectivity index (χ1n) is 7.31. The van der Waals surface area contributed by atoms with E-state index in [1.807, 2.05) is 0 Å². The Morgan fingerprint density at radius 2 is 2.10 bits per heavy atom. The maximum atomic E-state index is 12.2. The molecule has 1 aromatic rings. The molecule has 2 rings (SSSR count). The Kier molecular flexibility index (Phi) is 5.98. The molecule has 0 bridgehead atoms. The Morgan fingerprint density at radius 1 is 1.38 bits per heavy atom. The molecule has 0 aliphatic carbocycles. The average Bonchev–Trinajstić information content (AvgIpc) is 2.47. The molecule has 1 saturated heterocycles. The molecule has 1 atom stereocenters. The summed E-state index contributed by atoms with van der Waals surface area (Å²) in [5.41, 5.74) is 0. The lowest BCUT2D eigenvalue weighted by molar-refractivity contribution is 0.201. The van der Waals surface area contributed by atoms with E-state index in [1.165, 1.54) is 31.5 Å². The van der Waals surface area contributed by atoms with Crippen LogP contribution >= 0.6 is 11.6 Å². The van der Waals surface area contributed by atoms with Crippen LogP contribution in [0.1, 0.15) is 26.2 Å². The van der Waals surface area contributed by atoms with Crippen LogP contribution in [0.4, 0.5) is 0 Å². The third-order valence-electron chi connectivity index (χ3n) is 3.65. The van der Waals surface area contributed by atoms with Crippen molar-refractivity contribution in [1.29, 1.82) is 0 Å². The van der Waals surface area contributed by atoms with Gasteiger partial charge in [-0.2, -0.15) is 0 Å². The number of aromatic nitrogens is 1. The minimum atomic E-state index is -3.59. The highest BCUT2D eigenvalue weighted by Gasteiger charge is 2.20. The second-order valence-corrected chi connectivity index (χ2v) is 7.70. The first-order chi connectivity index (χ1) is 9.99. The number of halogens is 1. The Morgan fingerprint density at radius 3 is 2.76 bits per heavy atom. The molecule has 1 aliphatic rings. The fourth-order valence-electron chi connectivity index (χ4n) is 2.55. The molecule has 1 unspecified atom stereocenters. The Balaban J connectivity index is 1.88. The van der Waals surface area contributed by atoms with Gasteiger partial charge >= 0.3 is 0 Å². The van der Waals surface area contributed by atoms with Gasteiger partial charge in [-0.25, -0.2) is 18.1 Å². The highest BCUT2D eigenvalue weighted by Crippen LogP contribution is 2.18. The molecule has 0 radical (unpaired) electrons. The van der Waals surface area contributed by atoms with E-state index in [9.17, 15) is 8.42 Å². The number of pyridine rings is 1. The molecule has 0 amide bonds. The quantitative estimate of drug-likeness (QED) is 0.811. The number of rotatable bonds is 6. The molecule has 0 saturated carbocycles. The molecular formula is C14H22ClN3O2S. The van der Waals surface area contributed by atoms with Crippen molar-refractivity contribution < 1.29 is 8.42 Å². The predicted octanol–water partition coefficient (Wildman–Crippen LogP) is 2.14. The van der Waals surface area contributed by atoms with Crippen molar-refractivity contribution in [3.8, 4) is 0 Å². The molecule has 1 N–H and O–H groups in total. The van der Waals surface area contributed by atoms with Crippen LogP contribution in [0.2, 0.25) is 5.15 Å². The minimum Gasteiger partial charge on any atom is -0.303 e. The van der Waals surface area contributed by atoms with Gasteiger partial charge in [0.1, 0.15) is 10.0 Å². The Labute approximate surface area is 131 Å². The Hall–Kier alpha value is -0.690. The molecule has 1 fully saturated rings. The van der Waals surface area contributed by atoms with Crippen molar-refractivity contribution in [3.63, 3.8) is 0 Å². The van der Waals surface area contributed by atoms with Crippen LogP contribution in [0.25, 0.3) is 0 Å². The van der Waals surface area contributed by atoms with Gasteiger partial charge in [0, 0.05) is 19.3 Å². The number of hydrogen-bond acceptors (Lipinski definition) is 4. The maximum absolute atomic E-state index is 12.2. The standard InChI is InChI=1S/C14H22ClN3O2S/c1-12(11-18-8-3-2-4-9-18)10-17-21(19,20)13-6-5-7-16-14(13)15/h5-7,12,17H,2-4,8-11H2,1H3. The van der Waals surface area contributed by atoms with Crippen LogP contribution < -0.4 is 4.72 Å². The van der Waals surface area contributed by atoms with E-state index < -0.39 is 10.0 Å². The average molecular weight is 332 g/mol. The molecule has 1 aliphatic heterocycles. The number of likely N-dealkylation sites (tertiary alicyclic amines) is 1. The van der Waals surface area contributed by atoms with Crippen LogP contribution in [0.5, 0.6) is 0 Å². The number of nitrogens with one attached hydrogen (secondary N) is 1. The maximum Gasteiger partial charge on any atom is 0.243 e.